The summed E-state index contributed by atoms with van der Waals surface area (Å²) in [4.78, 5) is 24.6. The van der Waals surface area contributed by atoms with Crippen molar-refractivity contribution in [1.82, 2.24) is 9.97 Å². The molecule has 10 heteroatoms. The summed E-state index contributed by atoms with van der Waals surface area (Å²) in [7, 11) is -4.18. The molecule has 4 rings (SSSR count). The first-order valence-electron chi connectivity index (χ1n) is 10.7. The number of halogens is 1. The standard InChI is InChI=1S/C22H28FN5O3S/c1-14-11-22(2,3)28(12-14)21-19(20(24)29)16(7-9-25-21)32(30,31)18-6-4-5-17(26-18)27-10-8-15(23)13-27/h4-7,9,14-15H,8,10-13H2,1-3H3,(H2,24,29)/t14?,15-/m0/s1. The van der Waals surface area contributed by atoms with Gasteiger partial charge in [-0.25, -0.2) is 22.8 Å². The number of amides is 1. The number of hydrogen-bond donors (Lipinski definition) is 1. The van der Waals surface area contributed by atoms with Crippen LogP contribution >= 0.6 is 0 Å². The van der Waals surface area contributed by atoms with Crippen LogP contribution in [-0.4, -0.2) is 55.6 Å². The molecule has 2 aliphatic rings. The van der Waals surface area contributed by atoms with Crippen LogP contribution in [-0.2, 0) is 9.84 Å². The number of carbonyl (C=O) groups is 1. The Kier molecular flexibility index (Phi) is 5.60. The van der Waals surface area contributed by atoms with Gasteiger partial charge < -0.3 is 15.5 Å². The molecule has 172 valence electrons. The van der Waals surface area contributed by atoms with Crippen molar-refractivity contribution in [3.63, 3.8) is 0 Å². The second-order valence-corrected chi connectivity index (χ2v) is 11.1. The lowest BCUT2D eigenvalue weighted by Crippen LogP contribution is -2.40. The molecular weight excluding hydrogens is 433 g/mol. The Morgan fingerprint density at radius 1 is 1.25 bits per heavy atom. The fraction of sp³-hybridized carbons (Fsp3) is 0.500. The molecule has 0 aliphatic carbocycles. The van der Waals surface area contributed by atoms with Gasteiger partial charge in [-0.05, 0) is 50.8 Å². The molecule has 1 unspecified atom stereocenters. The molecule has 2 aliphatic heterocycles. The molecule has 8 nitrogen and oxygen atoms in total. The SMILES string of the molecule is CC1CN(c2nccc(S(=O)(=O)c3cccc(N4CC[C@H](F)C4)n3)c2C(N)=O)C(C)(C)C1. The lowest BCUT2D eigenvalue weighted by Gasteiger charge is -2.33. The summed E-state index contributed by atoms with van der Waals surface area (Å²) in [6.45, 7) is 7.43. The number of nitrogens with zero attached hydrogens (tertiary/aromatic N) is 4. The molecule has 0 saturated carbocycles. The van der Waals surface area contributed by atoms with E-state index in [0.717, 1.165) is 6.42 Å². The highest BCUT2D eigenvalue weighted by Crippen LogP contribution is 2.39. The van der Waals surface area contributed by atoms with Gasteiger partial charge in [-0.3, -0.25) is 4.79 Å². The number of alkyl halides is 1. The molecule has 0 radical (unpaired) electrons. The molecule has 1 amide bonds. The van der Waals surface area contributed by atoms with Gasteiger partial charge in [-0.15, -0.1) is 0 Å². The third kappa shape index (κ3) is 3.92. The van der Waals surface area contributed by atoms with Crippen molar-refractivity contribution in [2.75, 3.05) is 29.4 Å². The van der Waals surface area contributed by atoms with Crippen molar-refractivity contribution < 1.29 is 17.6 Å². The minimum atomic E-state index is -4.18. The van der Waals surface area contributed by atoms with Crippen LogP contribution in [0.25, 0.3) is 0 Å². The van der Waals surface area contributed by atoms with E-state index in [9.17, 15) is 17.6 Å². The summed E-state index contributed by atoms with van der Waals surface area (Å²) < 4.78 is 40.8. The maximum absolute atomic E-state index is 13.6. The number of aromatic nitrogens is 2. The summed E-state index contributed by atoms with van der Waals surface area (Å²) in [5.74, 6) is 0.142. The third-order valence-electron chi connectivity index (χ3n) is 6.20. The van der Waals surface area contributed by atoms with Gasteiger partial charge in [-0.1, -0.05) is 13.0 Å². The van der Waals surface area contributed by atoms with E-state index in [0.29, 0.717) is 31.2 Å². The predicted octanol–water partition coefficient (Wildman–Crippen LogP) is 2.58. The summed E-state index contributed by atoms with van der Waals surface area (Å²) in [5.41, 5.74) is 5.24. The molecule has 2 atom stereocenters. The quantitative estimate of drug-likeness (QED) is 0.729. The average molecular weight is 462 g/mol. The average Bonchev–Trinajstić information content (AvgIpc) is 3.28. The van der Waals surface area contributed by atoms with Crippen LogP contribution in [0.4, 0.5) is 16.0 Å². The van der Waals surface area contributed by atoms with E-state index >= 15 is 0 Å². The number of primary amides is 1. The van der Waals surface area contributed by atoms with Crippen LogP contribution in [0.2, 0.25) is 0 Å². The topological polar surface area (TPSA) is 109 Å². The smallest absolute Gasteiger partial charge is 0.253 e. The predicted molar refractivity (Wildman–Crippen MR) is 119 cm³/mol. The second-order valence-electron chi connectivity index (χ2n) is 9.27. The zero-order valence-electron chi connectivity index (χ0n) is 18.5. The minimum Gasteiger partial charge on any atom is -0.365 e. The van der Waals surface area contributed by atoms with Crippen LogP contribution < -0.4 is 15.5 Å². The van der Waals surface area contributed by atoms with Gasteiger partial charge in [0.15, 0.2) is 5.03 Å². The Labute approximate surface area is 187 Å². The van der Waals surface area contributed by atoms with Gasteiger partial charge in [0.2, 0.25) is 9.84 Å². The number of pyridine rings is 2. The molecule has 2 N–H and O–H groups in total. The molecule has 0 aromatic carbocycles. The van der Waals surface area contributed by atoms with E-state index in [-0.39, 0.29) is 33.4 Å². The molecule has 4 heterocycles. The summed E-state index contributed by atoms with van der Waals surface area (Å²) in [6, 6.07) is 5.87. The monoisotopic (exact) mass is 461 g/mol. The number of hydrogen-bond acceptors (Lipinski definition) is 7. The first-order chi connectivity index (χ1) is 15.0. The minimum absolute atomic E-state index is 0.133. The van der Waals surface area contributed by atoms with Gasteiger partial charge in [0.1, 0.15) is 23.4 Å². The van der Waals surface area contributed by atoms with Crippen molar-refractivity contribution >= 4 is 27.4 Å². The Bertz CT molecular complexity index is 1150. The van der Waals surface area contributed by atoms with E-state index in [1.807, 2.05) is 18.7 Å². The molecule has 2 saturated heterocycles. The maximum atomic E-state index is 13.6. The van der Waals surface area contributed by atoms with Crippen LogP contribution in [0.1, 0.15) is 44.0 Å². The fourth-order valence-corrected chi connectivity index (χ4v) is 6.22. The Balaban J connectivity index is 1.81. The molecule has 2 fully saturated rings. The normalized spacial score (nSPS) is 23.0. The van der Waals surface area contributed by atoms with Gasteiger partial charge in [0, 0.05) is 24.8 Å². The van der Waals surface area contributed by atoms with Crippen molar-refractivity contribution in [2.45, 2.75) is 55.2 Å². The van der Waals surface area contributed by atoms with E-state index in [4.69, 9.17) is 5.73 Å². The second kappa shape index (κ2) is 7.99. The Morgan fingerprint density at radius 2 is 2.00 bits per heavy atom. The fourth-order valence-electron chi connectivity index (χ4n) is 4.82. The summed E-state index contributed by atoms with van der Waals surface area (Å²) >= 11 is 0. The van der Waals surface area contributed by atoms with Crippen molar-refractivity contribution in [1.29, 1.82) is 0 Å². The number of nitrogens with two attached hydrogens (primary N) is 1. The van der Waals surface area contributed by atoms with Gasteiger partial charge >= 0.3 is 0 Å². The number of anilines is 2. The van der Waals surface area contributed by atoms with E-state index < -0.39 is 21.9 Å². The third-order valence-corrected chi connectivity index (χ3v) is 7.89. The summed E-state index contributed by atoms with van der Waals surface area (Å²) in [6.07, 6.45) is 1.67. The highest BCUT2D eigenvalue weighted by Gasteiger charge is 2.40. The van der Waals surface area contributed by atoms with Gasteiger partial charge in [0.25, 0.3) is 5.91 Å². The molecule has 2 aromatic rings. The number of sulfone groups is 1. The first kappa shape index (κ1) is 22.4. The zero-order valence-corrected chi connectivity index (χ0v) is 19.3. The number of carbonyl (C=O) groups excluding carboxylic acids is 1. The van der Waals surface area contributed by atoms with Crippen LogP contribution in [0.15, 0.2) is 40.4 Å². The largest absolute Gasteiger partial charge is 0.365 e. The zero-order chi connectivity index (χ0) is 23.3. The summed E-state index contributed by atoms with van der Waals surface area (Å²) in [5, 5.41) is -0.217. The molecule has 32 heavy (non-hydrogen) atoms. The van der Waals surface area contributed by atoms with E-state index in [1.165, 1.54) is 18.3 Å². The van der Waals surface area contributed by atoms with Crippen molar-refractivity contribution in [3.8, 4) is 0 Å². The van der Waals surface area contributed by atoms with Crippen molar-refractivity contribution in [3.05, 3.63) is 36.0 Å². The molecular formula is C22H28FN5O3S. The highest BCUT2D eigenvalue weighted by atomic mass is 32.2. The van der Waals surface area contributed by atoms with Crippen molar-refractivity contribution in [2.24, 2.45) is 11.7 Å². The lowest BCUT2D eigenvalue weighted by atomic mass is 9.97. The van der Waals surface area contributed by atoms with E-state index in [1.54, 1.807) is 17.0 Å². The Hall–Kier alpha value is -2.75. The maximum Gasteiger partial charge on any atom is 0.253 e. The molecule has 0 spiro atoms. The van der Waals surface area contributed by atoms with E-state index in [2.05, 4.69) is 16.9 Å². The Morgan fingerprint density at radius 3 is 2.59 bits per heavy atom. The lowest BCUT2D eigenvalue weighted by molar-refractivity contribution is 0.0997. The van der Waals surface area contributed by atoms with Crippen LogP contribution in [0.5, 0.6) is 0 Å². The molecule has 2 aromatic heterocycles. The molecule has 0 bridgehead atoms. The van der Waals surface area contributed by atoms with Gasteiger partial charge in [-0.2, -0.15) is 0 Å². The van der Waals surface area contributed by atoms with Crippen LogP contribution in [0, 0.1) is 5.92 Å². The highest BCUT2D eigenvalue weighted by molar-refractivity contribution is 7.91. The van der Waals surface area contributed by atoms with Crippen LogP contribution in [0.3, 0.4) is 0 Å². The first-order valence-corrected chi connectivity index (χ1v) is 12.2. The number of rotatable bonds is 5. The van der Waals surface area contributed by atoms with Gasteiger partial charge in [0.05, 0.1) is 11.4 Å².